The van der Waals surface area contributed by atoms with Gasteiger partial charge in [-0.2, -0.15) is 0 Å². The van der Waals surface area contributed by atoms with Gasteiger partial charge in [-0.25, -0.2) is 8.42 Å². The Morgan fingerprint density at radius 3 is 2.58 bits per heavy atom. The van der Waals surface area contributed by atoms with Gasteiger partial charge in [-0.05, 0) is 29.7 Å². The molecule has 0 radical (unpaired) electrons. The van der Waals surface area contributed by atoms with Crippen LogP contribution in [0.2, 0.25) is 0 Å². The van der Waals surface area contributed by atoms with Crippen LogP contribution in [0.1, 0.15) is 11.1 Å². The average Bonchev–Trinajstić information content (AvgIpc) is 3.00. The Morgan fingerprint density at radius 1 is 1.15 bits per heavy atom. The third-order valence-electron chi connectivity index (χ3n) is 4.10. The zero-order valence-electron chi connectivity index (χ0n) is 14.8. The Morgan fingerprint density at radius 2 is 1.85 bits per heavy atom. The van der Waals surface area contributed by atoms with Crippen molar-refractivity contribution in [2.24, 2.45) is 4.99 Å². The number of hydrogen-bond donors (Lipinski definition) is 2. The van der Waals surface area contributed by atoms with E-state index in [1.54, 1.807) is 13.1 Å². The number of sulfonamides is 1. The van der Waals surface area contributed by atoms with Gasteiger partial charge in [0.05, 0.1) is 11.9 Å². The predicted molar refractivity (Wildman–Crippen MR) is 118 cm³/mol. The molecule has 0 spiro atoms. The van der Waals surface area contributed by atoms with Gasteiger partial charge < -0.3 is 10.2 Å². The molecule has 0 unspecified atom stereocenters. The lowest BCUT2D eigenvalue weighted by atomic mass is 10.2. The van der Waals surface area contributed by atoms with E-state index >= 15 is 0 Å². The lowest BCUT2D eigenvalue weighted by molar-refractivity contribution is 0.606. The van der Waals surface area contributed by atoms with Crippen LogP contribution in [-0.2, 0) is 23.0 Å². The van der Waals surface area contributed by atoms with Crippen molar-refractivity contribution >= 4 is 51.3 Å². The van der Waals surface area contributed by atoms with E-state index in [1.807, 2.05) is 30.3 Å². The highest BCUT2D eigenvalue weighted by molar-refractivity contribution is 14.0. The molecule has 0 saturated carbocycles. The Labute approximate surface area is 171 Å². The number of benzene rings is 2. The molecule has 26 heavy (non-hydrogen) atoms. The fourth-order valence-electron chi connectivity index (χ4n) is 3.00. The molecule has 0 atom stereocenters. The maximum absolute atomic E-state index is 11.5. The van der Waals surface area contributed by atoms with Crippen LogP contribution in [0.25, 0.3) is 0 Å². The minimum absolute atomic E-state index is 0. The molecular weight excluding hydrogens is 463 g/mol. The lowest BCUT2D eigenvalue weighted by Crippen LogP contribution is -2.40. The van der Waals surface area contributed by atoms with Gasteiger partial charge in [0.1, 0.15) is 0 Å². The molecular formula is C18H23IN4O2S. The minimum atomic E-state index is -3.32. The van der Waals surface area contributed by atoms with Crippen LogP contribution in [0.3, 0.4) is 0 Å². The third-order valence-corrected chi connectivity index (χ3v) is 4.70. The Hall–Kier alpha value is -1.81. The Kier molecular flexibility index (Phi) is 6.87. The number of nitrogens with zero attached hydrogens (tertiary/aromatic N) is 2. The van der Waals surface area contributed by atoms with E-state index in [4.69, 9.17) is 0 Å². The second-order valence-corrected chi connectivity index (χ2v) is 7.71. The molecule has 2 N–H and O–H groups in total. The first-order chi connectivity index (χ1) is 12.0. The fourth-order valence-corrected chi connectivity index (χ4v) is 3.60. The van der Waals surface area contributed by atoms with E-state index in [9.17, 15) is 8.42 Å². The van der Waals surface area contributed by atoms with Crippen molar-refractivity contribution in [3.05, 3.63) is 59.7 Å². The first-order valence-corrected chi connectivity index (χ1v) is 9.99. The molecule has 140 valence electrons. The molecule has 6 nitrogen and oxygen atoms in total. The quantitative estimate of drug-likeness (QED) is 0.396. The van der Waals surface area contributed by atoms with Gasteiger partial charge in [0.25, 0.3) is 0 Å². The summed E-state index contributed by atoms with van der Waals surface area (Å²) in [5.74, 6) is 0.777. The number of anilines is 2. The molecule has 2 aromatic rings. The van der Waals surface area contributed by atoms with Gasteiger partial charge in [0.15, 0.2) is 5.96 Å². The van der Waals surface area contributed by atoms with Crippen molar-refractivity contribution < 1.29 is 8.42 Å². The number of guanidine groups is 1. The summed E-state index contributed by atoms with van der Waals surface area (Å²) < 4.78 is 25.6. The molecule has 0 aliphatic carbocycles. The van der Waals surface area contributed by atoms with Gasteiger partial charge in [-0.15, -0.1) is 24.0 Å². The van der Waals surface area contributed by atoms with Gasteiger partial charge in [-0.3, -0.25) is 9.71 Å². The van der Waals surface area contributed by atoms with Crippen molar-refractivity contribution in [3.63, 3.8) is 0 Å². The summed E-state index contributed by atoms with van der Waals surface area (Å²) in [5.41, 5.74) is 3.92. The van der Waals surface area contributed by atoms with Gasteiger partial charge in [0, 0.05) is 25.8 Å². The second-order valence-electron chi connectivity index (χ2n) is 5.96. The largest absolute Gasteiger partial charge is 0.352 e. The van der Waals surface area contributed by atoms with Crippen LogP contribution in [-0.4, -0.2) is 34.2 Å². The first kappa shape index (κ1) is 20.5. The molecule has 1 aliphatic heterocycles. The number of aliphatic imine (C=N–C) groups is 1. The normalized spacial score (nSPS) is 13.8. The summed E-state index contributed by atoms with van der Waals surface area (Å²) in [6.45, 7) is 1.35. The number of halogens is 1. The van der Waals surface area contributed by atoms with Crippen LogP contribution < -0.4 is 14.9 Å². The zero-order valence-corrected chi connectivity index (χ0v) is 17.9. The molecule has 0 fully saturated rings. The zero-order chi connectivity index (χ0) is 17.9. The van der Waals surface area contributed by atoms with Crippen molar-refractivity contribution in [3.8, 4) is 0 Å². The van der Waals surface area contributed by atoms with E-state index in [2.05, 4.69) is 32.1 Å². The minimum Gasteiger partial charge on any atom is -0.352 e. The molecule has 1 heterocycles. The van der Waals surface area contributed by atoms with E-state index in [0.717, 1.165) is 36.4 Å². The monoisotopic (exact) mass is 486 g/mol. The number of hydrogen-bond acceptors (Lipinski definition) is 3. The Bertz CT molecular complexity index is 900. The third kappa shape index (κ3) is 4.88. The van der Waals surface area contributed by atoms with Crippen molar-refractivity contribution in [1.29, 1.82) is 0 Å². The Balaban J connectivity index is 0.00000243. The van der Waals surface area contributed by atoms with Crippen molar-refractivity contribution in [1.82, 2.24) is 5.32 Å². The van der Waals surface area contributed by atoms with Gasteiger partial charge in [0.2, 0.25) is 10.0 Å². The lowest BCUT2D eigenvalue weighted by Gasteiger charge is -2.23. The number of rotatable bonds is 4. The second kappa shape index (κ2) is 8.72. The summed E-state index contributed by atoms with van der Waals surface area (Å²) >= 11 is 0. The summed E-state index contributed by atoms with van der Waals surface area (Å²) in [6, 6.07) is 15.6. The van der Waals surface area contributed by atoms with Crippen LogP contribution in [0, 0.1) is 0 Å². The maximum Gasteiger partial charge on any atom is 0.229 e. The SMILES string of the molecule is CN=C(NCc1ccccc1NS(C)(=O)=O)N1CCc2ccccc21.I. The fraction of sp³-hybridized carbons (Fsp3) is 0.278. The number of nitrogens with one attached hydrogen (secondary N) is 2. The van der Waals surface area contributed by atoms with E-state index < -0.39 is 10.0 Å². The average molecular weight is 486 g/mol. The first-order valence-electron chi connectivity index (χ1n) is 8.10. The van der Waals surface area contributed by atoms with E-state index in [-0.39, 0.29) is 24.0 Å². The molecule has 0 bridgehead atoms. The predicted octanol–water partition coefficient (Wildman–Crippen LogP) is 2.81. The summed E-state index contributed by atoms with van der Waals surface area (Å²) in [5, 5.41) is 3.34. The standard InChI is InChI=1S/C18H22N4O2S.HI/c1-19-18(22-12-11-14-7-4-6-10-17(14)22)20-13-15-8-3-5-9-16(15)21-25(2,23)24;/h3-10,21H,11-13H2,1-2H3,(H,19,20);1H. The molecule has 3 rings (SSSR count). The molecule has 0 aromatic heterocycles. The van der Waals surface area contributed by atoms with Crippen LogP contribution in [0.5, 0.6) is 0 Å². The maximum atomic E-state index is 11.5. The summed E-state index contributed by atoms with van der Waals surface area (Å²) in [7, 11) is -1.56. The highest BCUT2D eigenvalue weighted by atomic mass is 127. The molecule has 0 amide bonds. The van der Waals surface area contributed by atoms with Gasteiger partial charge >= 0.3 is 0 Å². The van der Waals surface area contributed by atoms with Crippen LogP contribution in [0.15, 0.2) is 53.5 Å². The highest BCUT2D eigenvalue weighted by Crippen LogP contribution is 2.27. The molecule has 1 aliphatic rings. The van der Waals surface area contributed by atoms with Crippen LogP contribution in [0.4, 0.5) is 11.4 Å². The molecule has 0 saturated heterocycles. The highest BCUT2D eigenvalue weighted by Gasteiger charge is 2.22. The summed E-state index contributed by atoms with van der Waals surface area (Å²) in [6.07, 6.45) is 2.14. The van der Waals surface area contributed by atoms with Crippen molar-refractivity contribution in [2.45, 2.75) is 13.0 Å². The smallest absolute Gasteiger partial charge is 0.229 e. The number of fused-ring (bicyclic) bond motifs is 1. The molecule has 2 aromatic carbocycles. The van der Waals surface area contributed by atoms with E-state index in [0.29, 0.717) is 12.2 Å². The summed E-state index contributed by atoms with van der Waals surface area (Å²) in [4.78, 5) is 6.54. The van der Waals surface area contributed by atoms with Crippen molar-refractivity contribution in [2.75, 3.05) is 29.5 Å². The van der Waals surface area contributed by atoms with E-state index in [1.165, 1.54) is 5.56 Å². The number of para-hydroxylation sites is 2. The molecule has 8 heteroatoms. The topological polar surface area (TPSA) is 73.8 Å². The van der Waals surface area contributed by atoms with Crippen LogP contribution >= 0.6 is 24.0 Å². The van der Waals surface area contributed by atoms with Gasteiger partial charge in [-0.1, -0.05) is 36.4 Å².